The number of nitrogen functional groups attached to an aromatic ring is 1. The highest BCUT2D eigenvalue weighted by molar-refractivity contribution is 7.13. The lowest BCUT2D eigenvalue weighted by Gasteiger charge is -2.43. The number of amides is 2. The van der Waals surface area contributed by atoms with Gasteiger partial charge in [0.15, 0.2) is 22.9 Å². The summed E-state index contributed by atoms with van der Waals surface area (Å²) in [5.41, 5.74) is 13.9. The van der Waals surface area contributed by atoms with Crippen LogP contribution in [-0.2, 0) is 9.59 Å². The van der Waals surface area contributed by atoms with Crippen molar-refractivity contribution < 1.29 is 24.3 Å². The lowest BCUT2D eigenvalue weighted by Crippen LogP contribution is -2.49. The molecule has 4 fully saturated rings. The first-order chi connectivity index (χ1) is 33.9. The average molecular weight is 971 g/mol. The topological polar surface area (TPSA) is 208 Å². The molecule has 2 amide bonds. The number of β-amino-alcohol motifs (C(OH)–C–C–N with tert-alkyl or cyclic N) is 1. The summed E-state index contributed by atoms with van der Waals surface area (Å²) in [6.07, 6.45) is 5.81. The molecule has 4 aliphatic rings. The van der Waals surface area contributed by atoms with Crippen molar-refractivity contribution in [1.82, 2.24) is 50.1 Å². The molecule has 4 aliphatic heterocycles. The van der Waals surface area contributed by atoms with Gasteiger partial charge in [0.25, 0.3) is 0 Å². The van der Waals surface area contributed by atoms with Gasteiger partial charge in [-0.1, -0.05) is 55.4 Å². The van der Waals surface area contributed by atoms with E-state index in [1.165, 1.54) is 12.8 Å². The first-order valence-corrected chi connectivity index (χ1v) is 26.0. The Morgan fingerprint density at radius 3 is 2.34 bits per heavy atom. The van der Waals surface area contributed by atoms with Gasteiger partial charge in [-0.25, -0.2) is 4.98 Å². The number of rotatable bonds is 13. The third kappa shape index (κ3) is 9.87. The molecule has 0 spiro atoms. The number of carbonyl (C=O) groups excluding carboxylic acids is 2. The fraction of sp³-hybridized carbons (Fsp3) is 0.519. The van der Waals surface area contributed by atoms with E-state index in [-0.39, 0.29) is 48.5 Å². The van der Waals surface area contributed by atoms with Gasteiger partial charge in [-0.05, 0) is 107 Å². The van der Waals surface area contributed by atoms with Crippen LogP contribution in [0.25, 0.3) is 32.7 Å². The second kappa shape index (κ2) is 20.4. The molecule has 6 aromatic rings. The summed E-state index contributed by atoms with van der Waals surface area (Å²) in [5.74, 6) is 1.10. The van der Waals surface area contributed by atoms with Gasteiger partial charge in [0.2, 0.25) is 11.8 Å². The van der Waals surface area contributed by atoms with Crippen molar-refractivity contribution >= 4 is 45.8 Å². The smallest absolute Gasteiger partial charge is 0.243 e. The Balaban J connectivity index is 0.683. The van der Waals surface area contributed by atoms with E-state index in [0.717, 1.165) is 105 Å². The van der Waals surface area contributed by atoms with E-state index < -0.39 is 18.1 Å². The molecule has 70 heavy (non-hydrogen) atoms. The number of carbonyl (C=O) groups is 2. The molecule has 0 aliphatic carbocycles. The number of aromatic nitrogens is 6. The van der Waals surface area contributed by atoms with Crippen molar-refractivity contribution in [3.8, 4) is 27.4 Å². The van der Waals surface area contributed by atoms with Crippen molar-refractivity contribution in [1.29, 1.82) is 0 Å². The molecule has 0 radical (unpaired) electrons. The lowest BCUT2D eigenvalue weighted by atomic mass is 9.91. The molecule has 4 atom stereocenters. The van der Waals surface area contributed by atoms with Crippen LogP contribution in [0.1, 0.15) is 101 Å². The molecule has 0 saturated carbocycles. The van der Waals surface area contributed by atoms with Gasteiger partial charge in [0, 0.05) is 63.4 Å². The molecule has 4 saturated heterocycles. The molecule has 17 nitrogen and oxygen atoms in total. The van der Waals surface area contributed by atoms with Crippen LogP contribution in [0, 0.1) is 18.8 Å². The quantitative estimate of drug-likeness (QED) is 0.0940. The van der Waals surface area contributed by atoms with Crippen LogP contribution in [0.3, 0.4) is 0 Å². The lowest BCUT2D eigenvalue weighted by molar-refractivity contribution is -0.141. The zero-order valence-corrected chi connectivity index (χ0v) is 41.5. The van der Waals surface area contributed by atoms with Crippen LogP contribution in [0.15, 0.2) is 70.7 Å². The number of phenols is 1. The Hall–Kier alpha value is -5.95. The molecule has 8 heterocycles. The Labute approximate surface area is 413 Å². The minimum absolute atomic E-state index is 0.0881. The monoisotopic (exact) mass is 970 g/mol. The van der Waals surface area contributed by atoms with Gasteiger partial charge >= 0.3 is 0 Å². The van der Waals surface area contributed by atoms with Crippen molar-refractivity contribution in [2.75, 3.05) is 63.0 Å². The first kappa shape index (κ1) is 47.7. The Morgan fingerprint density at radius 1 is 0.914 bits per heavy atom. The van der Waals surface area contributed by atoms with E-state index in [9.17, 15) is 19.8 Å². The zero-order valence-electron chi connectivity index (χ0n) is 40.7. The summed E-state index contributed by atoms with van der Waals surface area (Å²) in [4.78, 5) is 42.8. The molecule has 2 aromatic carbocycles. The Kier molecular flexibility index (Phi) is 13.9. The third-order valence-corrected chi connectivity index (χ3v) is 16.4. The van der Waals surface area contributed by atoms with E-state index in [0.29, 0.717) is 40.3 Å². The number of aromatic hydroxyl groups is 1. The standard InChI is InChI=1S/C52H66N12O5S/c1-31(2)47(52(68)63-29-39(65)25-43(63)51(67)55-32(3)35-9-11-36(12-10-35)49-33(4)54-30-70-49)45-27-46(59-69-45)62-21-13-34(14-22-62)28-60-19-15-37(16-20-60)61-23-17-38(18-24-61)64-42-26-41(40-7-5-6-8-44(40)66)56-57-48(42)50(53)58-64/h5-12,26-27,30-32,34,37-39,43,47,65-66H,13-25,28-29H2,1-4H3,(H2,53,58)(H,55,67)/t32-,39+,43-,47?/m0/s1. The summed E-state index contributed by atoms with van der Waals surface area (Å²) in [6.45, 7) is 15.1. The molecule has 18 heteroatoms. The molecule has 10 rings (SSSR count). The van der Waals surface area contributed by atoms with E-state index in [1.54, 1.807) is 28.4 Å². The molecule has 4 aromatic heterocycles. The largest absolute Gasteiger partial charge is 0.507 e. The number of nitrogens with zero attached hydrogens (tertiary/aromatic N) is 10. The SMILES string of the molecule is Cc1ncsc1-c1ccc([C@H](C)NC(=O)[C@@H]2C[C@@H](O)CN2C(=O)C(c2cc(N3CCC(CN4CCC(N5CCC(n6nc(N)c7nnc(-c8ccccc8O)cc76)CC5)CC4)CC3)no2)C(C)C)cc1. The zero-order chi connectivity index (χ0) is 48.6. The Bertz CT molecular complexity index is 2770. The number of aliphatic hydroxyl groups is 1. The maximum Gasteiger partial charge on any atom is 0.243 e. The number of fused-ring (bicyclic) bond motifs is 1. The molecule has 0 bridgehead atoms. The number of aliphatic hydroxyl groups excluding tert-OH is 1. The maximum atomic E-state index is 14.4. The van der Waals surface area contributed by atoms with Crippen LogP contribution in [0.4, 0.5) is 11.6 Å². The number of nitrogens with two attached hydrogens (primary N) is 1. The number of hydrogen-bond donors (Lipinski definition) is 4. The van der Waals surface area contributed by atoms with E-state index in [4.69, 9.17) is 15.4 Å². The number of nitrogens with one attached hydrogen (secondary N) is 1. The van der Waals surface area contributed by atoms with Crippen molar-refractivity contribution in [2.24, 2.45) is 11.8 Å². The average Bonchev–Trinajstić information content (AvgIpc) is 4.19. The van der Waals surface area contributed by atoms with Crippen molar-refractivity contribution in [2.45, 2.75) is 109 Å². The number of para-hydroxylation sites is 1. The highest BCUT2D eigenvalue weighted by Crippen LogP contribution is 2.37. The summed E-state index contributed by atoms with van der Waals surface area (Å²) >= 11 is 1.60. The van der Waals surface area contributed by atoms with Crippen LogP contribution >= 0.6 is 11.3 Å². The van der Waals surface area contributed by atoms with Crippen molar-refractivity contribution in [3.05, 3.63) is 83.2 Å². The summed E-state index contributed by atoms with van der Waals surface area (Å²) < 4.78 is 7.98. The van der Waals surface area contributed by atoms with Crippen LogP contribution in [0.5, 0.6) is 5.75 Å². The Morgan fingerprint density at radius 2 is 1.64 bits per heavy atom. The summed E-state index contributed by atoms with van der Waals surface area (Å²) in [6, 6.07) is 18.8. The predicted molar refractivity (Wildman–Crippen MR) is 270 cm³/mol. The van der Waals surface area contributed by atoms with E-state index >= 15 is 0 Å². The predicted octanol–water partition coefficient (Wildman–Crippen LogP) is 6.80. The van der Waals surface area contributed by atoms with Gasteiger partial charge in [0.1, 0.15) is 17.7 Å². The maximum absolute atomic E-state index is 14.4. The van der Waals surface area contributed by atoms with Crippen LogP contribution < -0.4 is 16.0 Å². The number of piperidine rings is 3. The van der Waals surface area contributed by atoms with Crippen LogP contribution in [-0.4, -0.2) is 137 Å². The van der Waals surface area contributed by atoms with E-state index in [1.807, 2.05) is 86.4 Å². The number of phenolic OH excluding ortho intramolecular Hbond substituents is 1. The van der Waals surface area contributed by atoms with Crippen LogP contribution in [0.2, 0.25) is 0 Å². The number of benzene rings is 2. The number of likely N-dealkylation sites (tertiary alicyclic amines) is 3. The molecular formula is C52H66N12O5S. The first-order valence-electron chi connectivity index (χ1n) is 25.2. The number of thiazole rings is 1. The molecule has 1 unspecified atom stereocenters. The second-order valence-electron chi connectivity index (χ2n) is 20.4. The fourth-order valence-electron chi connectivity index (χ4n) is 11.4. The summed E-state index contributed by atoms with van der Waals surface area (Å²) in [5, 5.41) is 42.3. The normalized spacial score (nSPS) is 21.2. The van der Waals surface area contributed by atoms with E-state index in [2.05, 4.69) is 40.4 Å². The fourth-order valence-corrected chi connectivity index (χ4v) is 12.2. The van der Waals surface area contributed by atoms with Gasteiger partial charge in [-0.3, -0.25) is 14.3 Å². The molecule has 370 valence electrons. The number of hydrogen-bond acceptors (Lipinski definition) is 15. The van der Waals surface area contributed by atoms with Gasteiger partial charge < -0.3 is 45.4 Å². The van der Waals surface area contributed by atoms with Gasteiger partial charge in [-0.2, -0.15) is 5.10 Å². The van der Waals surface area contributed by atoms with Crippen molar-refractivity contribution in [3.63, 3.8) is 0 Å². The second-order valence-corrected chi connectivity index (χ2v) is 21.2. The minimum atomic E-state index is -0.798. The number of anilines is 2. The molecule has 5 N–H and O–H groups in total. The van der Waals surface area contributed by atoms with Gasteiger partial charge in [0.05, 0.1) is 45.5 Å². The number of aryl methyl sites for hydroxylation is 1. The third-order valence-electron chi connectivity index (χ3n) is 15.4. The highest BCUT2D eigenvalue weighted by Gasteiger charge is 2.44. The highest BCUT2D eigenvalue weighted by atomic mass is 32.1. The minimum Gasteiger partial charge on any atom is -0.507 e. The van der Waals surface area contributed by atoms with Gasteiger partial charge in [-0.15, -0.1) is 21.5 Å². The molecular weight excluding hydrogens is 905 g/mol. The summed E-state index contributed by atoms with van der Waals surface area (Å²) in [7, 11) is 0.